The van der Waals surface area contributed by atoms with E-state index in [0.717, 1.165) is 12.0 Å². The van der Waals surface area contributed by atoms with Gasteiger partial charge in [0, 0.05) is 11.8 Å². The first kappa shape index (κ1) is 6.64. The van der Waals surface area contributed by atoms with Crippen molar-refractivity contribution < 1.29 is 0 Å². The molecule has 2 unspecified atom stereocenters. The molecule has 2 atom stereocenters. The Hall–Kier alpha value is -0.480. The molecule has 0 aromatic carbocycles. The van der Waals surface area contributed by atoms with Crippen molar-refractivity contribution in [1.82, 2.24) is 0 Å². The molecule has 1 aliphatic rings. The summed E-state index contributed by atoms with van der Waals surface area (Å²) in [5, 5.41) is 8.46. The first-order chi connectivity index (χ1) is 4.29. The summed E-state index contributed by atoms with van der Waals surface area (Å²) in [6, 6.07) is 2.19. The van der Waals surface area contributed by atoms with Crippen LogP contribution >= 0.6 is 11.6 Å². The van der Waals surface area contributed by atoms with Gasteiger partial charge in [0.15, 0.2) is 0 Å². The van der Waals surface area contributed by atoms with Gasteiger partial charge in [0.05, 0.1) is 12.0 Å². The van der Waals surface area contributed by atoms with Crippen molar-refractivity contribution >= 4 is 11.6 Å². The highest BCUT2D eigenvalue weighted by atomic mass is 35.5. The summed E-state index contributed by atoms with van der Waals surface area (Å²) in [6.45, 7) is 3.78. The van der Waals surface area contributed by atoms with E-state index in [1.807, 2.05) is 0 Å². The van der Waals surface area contributed by atoms with Gasteiger partial charge in [0.1, 0.15) is 0 Å². The molecule has 1 rings (SSSR count). The maximum atomic E-state index is 8.46. The van der Waals surface area contributed by atoms with E-state index in [0.29, 0.717) is 5.88 Å². The molecule has 0 radical (unpaired) electrons. The van der Waals surface area contributed by atoms with Gasteiger partial charge < -0.3 is 0 Å². The minimum Gasteiger partial charge on any atom is -0.198 e. The van der Waals surface area contributed by atoms with Crippen molar-refractivity contribution in [1.29, 1.82) is 5.26 Å². The lowest BCUT2D eigenvalue weighted by Gasteiger charge is -2.32. The van der Waals surface area contributed by atoms with E-state index in [1.54, 1.807) is 0 Å². The Morgan fingerprint density at radius 2 is 2.56 bits per heavy atom. The van der Waals surface area contributed by atoms with Gasteiger partial charge in [-0.05, 0) is 6.42 Å². The number of alkyl halides is 1. The number of nitriles is 1. The summed E-state index contributed by atoms with van der Waals surface area (Å²) in [4.78, 5) is 0. The smallest absolute Gasteiger partial charge is 0.0665 e. The average molecular weight is 142 g/mol. The van der Waals surface area contributed by atoms with Crippen LogP contribution in [0.5, 0.6) is 0 Å². The van der Waals surface area contributed by atoms with Gasteiger partial charge in [-0.2, -0.15) is 5.26 Å². The lowest BCUT2D eigenvalue weighted by molar-refractivity contribution is 0.383. The molecule has 0 bridgehead atoms. The van der Waals surface area contributed by atoms with E-state index in [4.69, 9.17) is 16.9 Å². The quantitative estimate of drug-likeness (QED) is 0.405. The van der Waals surface area contributed by atoms with E-state index in [9.17, 15) is 0 Å². The minimum absolute atomic E-state index is 0.148. The zero-order chi connectivity index (χ0) is 6.85. The zero-order valence-corrected chi connectivity index (χ0v) is 5.86. The number of rotatable bonds is 1. The maximum Gasteiger partial charge on any atom is 0.0665 e. The van der Waals surface area contributed by atoms with Crippen LogP contribution < -0.4 is 0 Å². The van der Waals surface area contributed by atoms with Gasteiger partial charge in [-0.15, -0.1) is 11.6 Å². The Bertz CT molecular complexity index is 168. The first-order valence-electron chi connectivity index (χ1n) is 2.93. The average Bonchev–Trinajstić information content (AvgIpc) is 1.83. The molecule has 0 aromatic rings. The largest absolute Gasteiger partial charge is 0.198 e. The van der Waals surface area contributed by atoms with Crippen LogP contribution in [0.3, 0.4) is 0 Å². The molecule has 9 heavy (non-hydrogen) atoms. The fourth-order valence-electron chi connectivity index (χ4n) is 1.05. The van der Waals surface area contributed by atoms with E-state index in [1.165, 1.54) is 0 Å². The van der Waals surface area contributed by atoms with Crippen LogP contribution in [0, 0.1) is 23.2 Å². The van der Waals surface area contributed by atoms with E-state index in [-0.39, 0.29) is 11.8 Å². The Morgan fingerprint density at radius 3 is 2.78 bits per heavy atom. The molecule has 0 amide bonds. The van der Waals surface area contributed by atoms with Crippen LogP contribution in [-0.4, -0.2) is 5.88 Å². The monoisotopic (exact) mass is 141 g/mol. The van der Waals surface area contributed by atoms with Gasteiger partial charge in [0.2, 0.25) is 0 Å². The number of allylic oxidation sites excluding steroid dienone is 1. The van der Waals surface area contributed by atoms with Crippen LogP contribution in [0.25, 0.3) is 0 Å². The van der Waals surface area contributed by atoms with Crippen molar-refractivity contribution in [2.45, 2.75) is 6.42 Å². The molecule has 1 fully saturated rings. The summed E-state index contributed by atoms with van der Waals surface area (Å²) < 4.78 is 0. The SMILES string of the molecule is C=C1CC(C#N)C1CCl. The molecule has 1 aliphatic carbocycles. The molecular formula is C7H8ClN. The van der Waals surface area contributed by atoms with Gasteiger partial charge >= 0.3 is 0 Å². The topological polar surface area (TPSA) is 23.8 Å². The van der Waals surface area contributed by atoms with Crippen LogP contribution in [0.4, 0.5) is 0 Å². The van der Waals surface area contributed by atoms with Crippen molar-refractivity contribution in [3.63, 3.8) is 0 Å². The van der Waals surface area contributed by atoms with Crippen LogP contribution in [0.15, 0.2) is 12.2 Å². The number of halogens is 1. The Kier molecular flexibility index (Phi) is 1.78. The summed E-state index contributed by atoms with van der Waals surface area (Å²) in [7, 11) is 0. The molecule has 0 aliphatic heterocycles. The summed E-state index contributed by atoms with van der Waals surface area (Å²) in [5.41, 5.74) is 1.14. The van der Waals surface area contributed by atoms with E-state index < -0.39 is 0 Å². The highest BCUT2D eigenvalue weighted by Gasteiger charge is 2.33. The Labute approximate surface area is 59.9 Å². The molecule has 0 N–H and O–H groups in total. The molecule has 0 aromatic heterocycles. The second-order valence-corrected chi connectivity index (χ2v) is 2.67. The van der Waals surface area contributed by atoms with E-state index in [2.05, 4.69) is 12.6 Å². The summed E-state index contributed by atoms with van der Waals surface area (Å²) >= 11 is 5.56. The van der Waals surface area contributed by atoms with Crippen LogP contribution in [-0.2, 0) is 0 Å². The van der Waals surface area contributed by atoms with Gasteiger partial charge in [0.25, 0.3) is 0 Å². The lowest BCUT2D eigenvalue weighted by Crippen LogP contribution is -2.28. The Morgan fingerprint density at radius 1 is 1.89 bits per heavy atom. The molecule has 1 saturated carbocycles. The number of hydrogen-bond acceptors (Lipinski definition) is 1. The predicted octanol–water partition coefficient (Wildman–Crippen LogP) is 1.94. The standard InChI is InChI=1S/C7H8ClN/c1-5-2-6(4-9)7(5)3-8/h6-7H,1-3H2. The van der Waals surface area contributed by atoms with Gasteiger partial charge in [-0.25, -0.2) is 0 Å². The number of hydrogen-bond donors (Lipinski definition) is 0. The summed E-state index contributed by atoms with van der Waals surface area (Å²) in [6.07, 6.45) is 0.855. The third kappa shape index (κ3) is 0.951. The molecule has 1 nitrogen and oxygen atoms in total. The summed E-state index contributed by atoms with van der Waals surface area (Å²) in [5.74, 6) is 0.975. The highest BCUT2D eigenvalue weighted by Crippen LogP contribution is 2.38. The first-order valence-corrected chi connectivity index (χ1v) is 3.46. The Balaban J connectivity index is 2.50. The molecule has 0 spiro atoms. The zero-order valence-electron chi connectivity index (χ0n) is 5.10. The van der Waals surface area contributed by atoms with Crippen LogP contribution in [0.2, 0.25) is 0 Å². The fraction of sp³-hybridized carbons (Fsp3) is 0.571. The molecule has 2 heteroatoms. The third-order valence-corrected chi connectivity index (χ3v) is 2.16. The fourth-order valence-corrected chi connectivity index (χ4v) is 1.49. The second-order valence-electron chi connectivity index (χ2n) is 2.36. The highest BCUT2D eigenvalue weighted by molar-refractivity contribution is 6.18. The lowest BCUT2D eigenvalue weighted by atomic mass is 9.72. The van der Waals surface area contributed by atoms with Crippen LogP contribution in [0.1, 0.15) is 6.42 Å². The predicted molar refractivity (Wildman–Crippen MR) is 37.1 cm³/mol. The molecular weight excluding hydrogens is 134 g/mol. The molecule has 48 valence electrons. The van der Waals surface area contributed by atoms with Gasteiger partial charge in [-0.3, -0.25) is 0 Å². The number of nitrogens with zero attached hydrogens (tertiary/aromatic N) is 1. The molecule has 0 heterocycles. The van der Waals surface area contributed by atoms with Gasteiger partial charge in [-0.1, -0.05) is 12.2 Å². The second kappa shape index (κ2) is 2.41. The van der Waals surface area contributed by atoms with Crippen molar-refractivity contribution in [2.24, 2.45) is 11.8 Å². The normalized spacial score (nSPS) is 33.1. The third-order valence-electron chi connectivity index (χ3n) is 1.82. The van der Waals surface area contributed by atoms with Crippen molar-refractivity contribution in [2.75, 3.05) is 5.88 Å². The molecule has 0 saturated heterocycles. The maximum absolute atomic E-state index is 8.46. The minimum atomic E-state index is 0.148. The van der Waals surface area contributed by atoms with Crippen molar-refractivity contribution in [3.05, 3.63) is 12.2 Å². The van der Waals surface area contributed by atoms with E-state index >= 15 is 0 Å². The van der Waals surface area contributed by atoms with Crippen molar-refractivity contribution in [3.8, 4) is 6.07 Å².